The van der Waals surface area contributed by atoms with Gasteiger partial charge in [0.05, 0.1) is 6.07 Å². The van der Waals surface area contributed by atoms with Gasteiger partial charge in [0.15, 0.2) is 0 Å². The highest BCUT2D eigenvalue weighted by molar-refractivity contribution is 5.19. The molecule has 1 nitrogen and oxygen atoms in total. The smallest absolute Gasteiger partial charge is 0.0621 e. The maximum Gasteiger partial charge on any atom is 0.0621 e. The molecule has 0 N–H and O–H groups in total. The number of benzene rings is 1. The molecule has 0 amide bonds. The van der Waals surface area contributed by atoms with Gasteiger partial charge >= 0.3 is 0 Å². The van der Waals surface area contributed by atoms with Crippen LogP contribution >= 0.6 is 0 Å². The standard InChI is InChI=1S/C18H23N/c19-14-8-13-18(15-16-9-4-3-5-10-16)17-11-6-1-2-7-12-17/h3-5,9-11,18H,1-2,6-8,12-13,15H2. The van der Waals surface area contributed by atoms with Crippen molar-refractivity contribution in [2.24, 2.45) is 5.92 Å². The van der Waals surface area contributed by atoms with Crippen LogP contribution in [0.25, 0.3) is 0 Å². The molecule has 0 saturated carbocycles. The van der Waals surface area contributed by atoms with Crippen molar-refractivity contribution in [3.63, 3.8) is 0 Å². The fraction of sp³-hybridized carbons (Fsp3) is 0.500. The van der Waals surface area contributed by atoms with Crippen LogP contribution in [0.2, 0.25) is 0 Å². The Balaban J connectivity index is 2.06. The lowest BCUT2D eigenvalue weighted by Gasteiger charge is -2.19. The molecule has 1 unspecified atom stereocenters. The molecule has 100 valence electrons. The topological polar surface area (TPSA) is 23.8 Å². The maximum atomic E-state index is 8.87. The fourth-order valence-corrected chi connectivity index (χ4v) is 2.97. The van der Waals surface area contributed by atoms with Gasteiger partial charge in [0, 0.05) is 6.42 Å². The van der Waals surface area contributed by atoms with E-state index in [1.165, 1.54) is 37.7 Å². The summed E-state index contributed by atoms with van der Waals surface area (Å²) in [6.45, 7) is 0. The lowest BCUT2D eigenvalue weighted by atomic mass is 9.86. The van der Waals surface area contributed by atoms with Crippen LogP contribution in [-0.2, 0) is 6.42 Å². The monoisotopic (exact) mass is 253 g/mol. The Hall–Kier alpha value is -1.55. The van der Waals surface area contributed by atoms with E-state index in [1.807, 2.05) is 0 Å². The largest absolute Gasteiger partial charge is 0.198 e. The van der Waals surface area contributed by atoms with Crippen LogP contribution in [0.1, 0.15) is 50.5 Å². The summed E-state index contributed by atoms with van der Waals surface area (Å²) in [4.78, 5) is 0. The normalized spacial score (nSPS) is 17.1. The number of rotatable bonds is 5. The Bertz CT molecular complexity index is 439. The van der Waals surface area contributed by atoms with Crippen molar-refractivity contribution in [2.45, 2.75) is 51.4 Å². The fourth-order valence-electron chi connectivity index (χ4n) is 2.97. The van der Waals surface area contributed by atoms with E-state index in [-0.39, 0.29) is 0 Å². The third-order valence-corrected chi connectivity index (χ3v) is 4.03. The summed E-state index contributed by atoms with van der Waals surface area (Å²) in [5.41, 5.74) is 3.01. The van der Waals surface area contributed by atoms with E-state index >= 15 is 0 Å². The summed E-state index contributed by atoms with van der Waals surface area (Å²) >= 11 is 0. The van der Waals surface area contributed by atoms with Gasteiger partial charge in [0.1, 0.15) is 0 Å². The zero-order valence-corrected chi connectivity index (χ0v) is 11.6. The summed E-state index contributed by atoms with van der Waals surface area (Å²) in [6, 6.07) is 13.0. The van der Waals surface area contributed by atoms with Gasteiger partial charge < -0.3 is 0 Å². The van der Waals surface area contributed by atoms with E-state index in [0.29, 0.717) is 12.3 Å². The van der Waals surface area contributed by atoms with Crippen LogP contribution in [0.3, 0.4) is 0 Å². The minimum atomic E-state index is 0.570. The van der Waals surface area contributed by atoms with E-state index in [9.17, 15) is 0 Å². The minimum Gasteiger partial charge on any atom is -0.198 e. The molecule has 0 radical (unpaired) electrons. The summed E-state index contributed by atoms with van der Waals surface area (Å²) < 4.78 is 0. The van der Waals surface area contributed by atoms with Crippen LogP contribution in [0, 0.1) is 17.2 Å². The number of allylic oxidation sites excluding steroid dienone is 2. The molecule has 1 heteroatoms. The molecule has 1 aliphatic rings. The maximum absolute atomic E-state index is 8.87. The van der Waals surface area contributed by atoms with E-state index in [2.05, 4.69) is 42.5 Å². The lowest BCUT2D eigenvalue weighted by molar-refractivity contribution is 0.538. The SMILES string of the molecule is N#CCCC(Cc1ccccc1)C1=CCCCCC1. The first-order chi connectivity index (χ1) is 9.40. The molecule has 1 aliphatic carbocycles. The first-order valence-electron chi connectivity index (χ1n) is 7.50. The molecule has 0 bridgehead atoms. The molecule has 0 heterocycles. The molecule has 1 aromatic carbocycles. The van der Waals surface area contributed by atoms with Crippen LogP contribution in [0.4, 0.5) is 0 Å². The second-order valence-electron chi connectivity index (χ2n) is 5.46. The van der Waals surface area contributed by atoms with Crippen molar-refractivity contribution in [1.29, 1.82) is 5.26 Å². The molecule has 1 aromatic rings. The second kappa shape index (κ2) is 7.79. The predicted molar refractivity (Wildman–Crippen MR) is 79.7 cm³/mol. The Morgan fingerprint density at radius 2 is 1.95 bits per heavy atom. The van der Waals surface area contributed by atoms with Gasteiger partial charge in [-0.05, 0) is 50.0 Å². The Morgan fingerprint density at radius 1 is 1.11 bits per heavy atom. The molecular weight excluding hydrogens is 230 g/mol. The molecule has 0 aliphatic heterocycles. The van der Waals surface area contributed by atoms with Gasteiger partial charge in [-0.3, -0.25) is 0 Å². The van der Waals surface area contributed by atoms with Gasteiger partial charge in [-0.2, -0.15) is 5.26 Å². The zero-order valence-electron chi connectivity index (χ0n) is 11.6. The predicted octanol–water partition coefficient (Wildman–Crippen LogP) is 5.04. The van der Waals surface area contributed by atoms with Crippen LogP contribution in [0.15, 0.2) is 42.0 Å². The molecule has 0 aromatic heterocycles. The van der Waals surface area contributed by atoms with E-state index < -0.39 is 0 Å². The molecule has 0 fully saturated rings. The molecule has 2 rings (SSSR count). The first kappa shape index (κ1) is 13.9. The van der Waals surface area contributed by atoms with Gasteiger partial charge in [0.25, 0.3) is 0 Å². The van der Waals surface area contributed by atoms with Crippen molar-refractivity contribution in [3.05, 3.63) is 47.5 Å². The zero-order chi connectivity index (χ0) is 13.3. The van der Waals surface area contributed by atoms with Gasteiger partial charge in [-0.15, -0.1) is 0 Å². The van der Waals surface area contributed by atoms with Crippen LogP contribution in [0.5, 0.6) is 0 Å². The third kappa shape index (κ3) is 4.56. The van der Waals surface area contributed by atoms with Crippen molar-refractivity contribution in [1.82, 2.24) is 0 Å². The highest BCUT2D eigenvalue weighted by atomic mass is 14.3. The van der Waals surface area contributed by atoms with Crippen molar-refractivity contribution >= 4 is 0 Å². The van der Waals surface area contributed by atoms with Gasteiger partial charge in [0.2, 0.25) is 0 Å². The van der Waals surface area contributed by atoms with E-state index in [1.54, 1.807) is 5.57 Å². The highest BCUT2D eigenvalue weighted by Crippen LogP contribution is 2.29. The summed E-state index contributed by atoms with van der Waals surface area (Å²) in [7, 11) is 0. The average molecular weight is 253 g/mol. The van der Waals surface area contributed by atoms with Crippen LogP contribution < -0.4 is 0 Å². The highest BCUT2D eigenvalue weighted by Gasteiger charge is 2.16. The van der Waals surface area contributed by atoms with Crippen molar-refractivity contribution in [2.75, 3.05) is 0 Å². The summed E-state index contributed by atoms with van der Waals surface area (Å²) in [5.74, 6) is 0.570. The Morgan fingerprint density at radius 3 is 2.74 bits per heavy atom. The third-order valence-electron chi connectivity index (χ3n) is 4.03. The quantitative estimate of drug-likeness (QED) is 0.674. The number of hydrogen-bond acceptors (Lipinski definition) is 1. The van der Waals surface area contributed by atoms with Crippen molar-refractivity contribution < 1.29 is 0 Å². The Labute approximate surface area is 117 Å². The Kier molecular flexibility index (Phi) is 5.69. The second-order valence-corrected chi connectivity index (χ2v) is 5.46. The first-order valence-corrected chi connectivity index (χ1v) is 7.50. The number of nitriles is 1. The number of hydrogen-bond donors (Lipinski definition) is 0. The van der Waals surface area contributed by atoms with E-state index in [4.69, 9.17) is 5.26 Å². The molecular formula is C18H23N. The molecule has 0 saturated heterocycles. The summed E-state index contributed by atoms with van der Waals surface area (Å²) in [6.07, 6.45) is 11.7. The van der Waals surface area contributed by atoms with E-state index in [0.717, 1.165) is 12.8 Å². The molecule has 0 spiro atoms. The van der Waals surface area contributed by atoms with Gasteiger partial charge in [-0.1, -0.05) is 48.4 Å². The molecule has 19 heavy (non-hydrogen) atoms. The van der Waals surface area contributed by atoms with Gasteiger partial charge in [-0.25, -0.2) is 0 Å². The van der Waals surface area contributed by atoms with Crippen LogP contribution in [-0.4, -0.2) is 0 Å². The average Bonchev–Trinajstić information content (AvgIpc) is 2.73. The van der Waals surface area contributed by atoms with Crippen molar-refractivity contribution in [3.8, 4) is 6.07 Å². The minimum absolute atomic E-state index is 0.570. The summed E-state index contributed by atoms with van der Waals surface area (Å²) in [5, 5.41) is 8.87. The molecule has 1 atom stereocenters. The number of nitrogens with zero attached hydrogens (tertiary/aromatic N) is 1. The lowest BCUT2D eigenvalue weighted by Crippen LogP contribution is -2.08.